The molecule has 3 amide bonds. The molecule has 7 heteroatoms. The van der Waals surface area contributed by atoms with Crippen molar-refractivity contribution in [2.45, 2.75) is 46.6 Å². The molecule has 3 rings (SSSR count). The average molecular weight is 350 g/mol. The van der Waals surface area contributed by atoms with Gasteiger partial charge in [-0.1, -0.05) is 6.92 Å². The summed E-state index contributed by atoms with van der Waals surface area (Å²) in [5.74, 6) is -0.286. The molecule has 2 aliphatic heterocycles. The second kappa shape index (κ2) is 6.20. The third kappa shape index (κ3) is 2.51. The molecule has 24 heavy (non-hydrogen) atoms. The Kier molecular flexibility index (Phi) is 4.38. The fourth-order valence-corrected chi connectivity index (χ4v) is 4.52. The molecule has 1 aromatic rings. The quantitative estimate of drug-likeness (QED) is 0.620. The van der Waals surface area contributed by atoms with Gasteiger partial charge in [0.2, 0.25) is 0 Å². The molecule has 0 radical (unpaired) electrons. The van der Waals surface area contributed by atoms with Gasteiger partial charge < -0.3 is 9.64 Å². The molecule has 1 aromatic heterocycles. The Morgan fingerprint density at radius 3 is 2.71 bits per heavy atom. The van der Waals surface area contributed by atoms with Crippen molar-refractivity contribution in [3.8, 4) is 0 Å². The van der Waals surface area contributed by atoms with Gasteiger partial charge in [0.05, 0.1) is 12.2 Å². The second-order valence-electron chi connectivity index (χ2n) is 6.48. The number of carbonyl (C=O) groups is 3. The topological polar surface area (TPSA) is 66.9 Å². The molecule has 0 spiro atoms. The van der Waals surface area contributed by atoms with Crippen LogP contribution in [0.15, 0.2) is 0 Å². The van der Waals surface area contributed by atoms with Crippen LogP contribution in [0.1, 0.15) is 47.5 Å². The fourth-order valence-electron chi connectivity index (χ4n) is 3.37. The van der Waals surface area contributed by atoms with Gasteiger partial charge in [-0.05, 0) is 45.1 Å². The summed E-state index contributed by atoms with van der Waals surface area (Å²) < 4.78 is 5.13. The summed E-state index contributed by atoms with van der Waals surface area (Å²) in [6.07, 6.45) is 1.58. The van der Waals surface area contributed by atoms with Crippen molar-refractivity contribution in [1.82, 2.24) is 4.90 Å². The molecule has 0 aromatic carbocycles. The van der Waals surface area contributed by atoms with Crippen LogP contribution in [0.2, 0.25) is 0 Å². The number of fused-ring (bicyclic) bond motifs is 1. The van der Waals surface area contributed by atoms with Crippen molar-refractivity contribution < 1.29 is 19.1 Å². The lowest BCUT2D eigenvalue weighted by Crippen LogP contribution is -2.41. The van der Waals surface area contributed by atoms with Crippen molar-refractivity contribution in [2.75, 3.05) is 18.1 Å². The first kappa shape index (κ1) is 17.0. The maximum absolute atomic E-state index is 12.9. The molecule has 0 saturated carbocycles. The van der Waals surface area contributed by atoms with E-state index in [-0.39, 0.29) is 18.5 Å². The molecule has 2 unspecified atom stereocenters. The van der Waals surface area contributed by atoms with Crippen LogP contribution in [0.3, 0.4) is 0 Å². The lowest BCUT2D eigenvalue weighted by Gasteiger charge is -2.30. The van der Waals surface area contributed by atoms with Crippen molar-refractivity contribution in [2.24, 2.45) is 5.92 Å². The van der Waals surface area contributed by atoms with E-state index in [9.17, 15) is 14.4 Å². The Hall–Kier alpha value is -1.89. The van der Waals surface area contributed by atoms with Crippen LogP contribution >= 0.6 is 11.3 Å². The number of nitrogens with zero attached hydrogens (tertiary/aromatic N) is 2. The van der Waals surface area contributed by atoms with E-state index in [0.29, 0.717) is 29.4 Å². The Balaban J connectivity index is 2.03. The fraction of sp³-hybridized carbons (Fsp3) is 0.588. The van der Waals surface area contributed by atoms with E-state index in [0.717, 1.165) is 16.9 Å². The van der Waals surface area contributed by atoms with E-state index in [1.165, 1.54) is 16.2 Å². The van der Waals surface area contributed by atoms with Gasteiger partial charge >= 0.3 is 12.0 Å². The molecular formula is C17H22N2O4S. The monoisotopic (exact) mass is 350 g/mol. The first-order valence-corrected chi connectivity index (χ1v) is 9.10. The minimum Gasteiger partial charge on any atom is -0.462 e. The number of anilines is 1. The van der Waals surface area contributed by atoms with E-state index in [4.69, 9.17) is 4.74 Å². The minimum atomic E-state index is -0.479. The summed E-state index contributed by atoms with van der Waals surface area (Å²) in [7, 11) is 0. The van der Waals surface area contributed by atoms with Crippen LogP contribution in [-0.4, -0.2) is 42.0 Å². The van der Waals surface area contributed by atoms with Gasteiger partial charge in [-0.15, -0.1) is 11.3 Å². The largest absolute Gasteiger partial charge is 0.462 e. The summed E-state index contributed by atoms with van der Waals surface area (Å²) in [4.78, 5) is 41.8. The van der Waals surface area contributed by atoms with Gasteiger partial charge in [-0.2, -0.15) is 0 Å². The lowest BCUT2D eigenvalue weighted by atomic mass is 9.93. The van der Waals surface area contributed by atoms with Crippen LogP contribution < -0.4 is 4.90 Å². The summed E-state index contributed by atoms with van der Waals surface area (Å²) in [5, 5.41) is 0.403. The van der Waals surface area contributed by atoms with Gasteiger partial charge in [-0.25, -0.2) is 14.5 Å². The molecule has 6 nitrogen and oxygen atoms in total. The summed E-state index contributed by atoms with van der Waals surface area (Å²) >= 11 is 1.30. The van der Waals surface area contributed by atoms with Gasteiger partial charge in [0.25, 0.3) is 5.91 Å². The number of amides is 3. The minimum absolute atomic E-state index is 0.224. The molecule has 3 heterocycles. The molecule has 2 atom stereocenters. The number of hydrogen-bond acceptors (Lipinski definition) is 5. The van der Waals surface area contributed by atoms with Gasteiger partial charge in [0, 0.05) is 11.4 Å². The number of thiophene rings is 1. The second-order valence-corrected chi connectivity index (χ2v) is 7.68. The van der Waals surface area contributed by atoms with Gasteiger partial charge in [0.15, 0.2) is 0 Å². The highest BCUT2D eigenvalue weighted by Gasteiger charge is 2.49. The Labute approximate surface area is 145 Å². The maximum atomic E-state index is 12.9. The van der Waals surface area contributed by atoms with Crippen LogP contribution in [0.4, 0.5) is 9.80 Å². The highest BCUT2D eigenvalue weighted by atomic mass is 32.1. The highest BCUT2D eigenvalue weighted by molar-refractivity contribution is 7.17. The molecular weight excluding hydrogens is 328 g/mol. The smallest absolute Gasteiger partial charge is 0.341 e. The molecule has 0 N–H and O–H groups in total. The zero-order chi connectivity index (χ0) is 17.6. The summed E-state index contributed by atoms with van der Waals surface area (Å²) in [5.41, 5.74) is 1.11. The highest BCUT2D eigenvalue weighted by Crippen LogP contribution is 2.40. The number of carbonyl (C=O) groups excluding carboxylic acids is 3. The number of hydrogen-bond donors (Lipinski definition) is 0. The van der Waals surface area contributed by atoms with Crippen molar-refractivity contribution in [3.05, 3.63) is 16.0 Å². The lowest BCUT2D eigenvalue weighted by molar-refractivity contribution is -0.120. The first-order chi connectivity index (χ1) is 11.4. The predicted molar refractivity (Wildman–Crippen MR) is 91.5 cm³/mol. The zero-order valence-electron chi connectivity index (χ0n) is 14.4. The summed E-state index contributed by atoms with van der Waals surface area (Å²) in [6, 6.07) is -0.720. The van der Waals surface area contributed by atoms with Crippen LogP contribution in [-0.2, 0) is 9.53 Å². The van der Waals surface area contributed by atoms with Crippen LogP contribution in [0.5, 0.6) is 0 Å². The van der Waals surface area contributed by atoms with E-state index >= 15 is 0 Å². The number of esters is 1. The van der Waals surface area contributed by atoms with Crippen LogP contribution in [0, 0.1) is 19.8 Å². The van der Waals surface area contributed by atoms with Crippen molar-refractivity contribution >= 4 is 34.2 Å². The summed E-state index contributed by atoms with van der Waals surface area (Å²) in [6.45, 7) is 8.38. The maximum Gasteiger partial charge on any atom is 0.341 e. The molecule has 0 aliphatic carbocycles. The third-order valence-corrected chi connectivity index (χ3v) is 6.05. The third-order valence-electron chi connectivity index (χ3n) is 4.86. The first-order valence-electron chi connectivity index (χ1n) is 8.28. The normalized spacial score (nSPS) is 23.7. The molecule has 2 fully saturated rings. The SMILES string of the molecule is CCOC(=O)c1c(N2C(=O)C3CC(C)CCN3C2=O)sc(C)c1C. The van der Waals surface area contributed by atoms with Crippen molar-refractivity contribution in [3.63, 3.8) is 0 Å². The number of ether oxygens (including phenoxy) is 1. The Morgan fingerprint density at radius 2 is 2.04 bits per heavy atom. The Bertz CT molecular complexity index is 712. The van der Waals surface area contributed by atoms with E-state index in [1.807, 2.05) is 13.8 Å². The number of aryl methyl sites for hydroxylation is 1. The standard InChI is InChI=1S/C17H22N2O4S/c1-5-23-16(21)13-10(3)11(4)24-15(13)19-14(20)12-8-9(2)6-7-18(12)17(19)22/h9,12H,5-8H2,1-4H3. The van der Waals surface area contributed by atoms with Crippen LogP contribution in [0.25, 0.3) is 0 Å². The Morgan fingerprint density at radius 1 is 1.33 bits per heavy atom. The van der Waals surface area contributed by atoms with E-state index < -0.39 is 12.0 Å². The molecule has 0 bridgehead atoms. The number of piperidine rings is 1. The molecule has 2 aliphatic rings. The molecule has 130 valence electrons. The average Bonchev–Trinajstić information content (AvgIpc) is 2.94. The van der Waals surface area contributed by atoms with Crippen molar-refractivity contribution in [1.29, 1.82) is 0 Å². The molecule has 2 saturated heterocycles. The zero-order valence-corrected chi connectivity index (χ0v) is 15.2. The number of imide groups is 1. The predicted octanol–water partition coefficient (Wildman–Crippen LogP) is 3.11. The van der Waals surface area contributed by atoms with Gasteiger partial charge in [0.1, 0.15) is 11.0 Å². The van der Waals surface area contributed by atoms with E-state index in [2.05, 4.69) is 6.92 Å². The van der Waals surface area contributed by atoms with E-state index in [1.54, 1.807) is 11.8 Å². The number of urea groups is 1. The van der Waals surface area contributed by atoms with Gasteiger partial charge in [-0.3, -0.25) is 4.79 Å². The number of rotatable bonds is 3.